The Morgan fingerprint density at radius 3 is 2.92 bits per heavy atom. The second kappa shape index (κ2) is 6.77. The van der Waals surface area contributed by atoms with E-state index in [2.05, 4.69) is 60.1 Å². The molecule has 0 bridgehead atoms. The van der Waals surface area contributed by atoms with Gasteiger partial charge >= 0.3 is 0 Å². The second-order valence-corrected chi connectivity index (χ2v) is 7.82. The summed E-state index contributed by atoms with van der Waals surface area (Å²) in [5.41, 5.74) is 7.28. The van der Waals surface area contributed by atoms with E-state index >= 15 is 0 Å². The van der Waals surface area contributed by atoms with Crippen LogP contribution in [0.3, 0.4) is 0 Å². The summed E-state index contributed by atoms with van der Waals surface area (Å²) in [6.07, 6.45) is 2.16. The predicted molar refractivity (Wildman–Crippen MR) is 105 cm³/mol. The zero-order valence-electron chi connectivity index (χ0n) is 15.0. The quantitative estimate of drug-likeness (QED) is 0.673. The van der Waals surface area contributed by atoms with Gasteiger partial charge in [0.05, 0.1) is 22.8 Å². The number of aromatic nitrogens is 1. The molecule has 4 rings (SSSR count). The van der Waals surface area contributed by atoms with Gasteiger partial charge in [-0.2, -0.15) is 0 Å². The molecule has 2 heterocycles. The molecule has 1 aliphatic rings. The third-order valence-corrected chi connectivity index (χ3v) is 6.28. The minimum absolute atomic E-state index is 0.386. The first-order valence-corrected chi connectivity index (χ1v) is 9.78. The van der Waals surface area contributed by atoms with E-state index in [0.717, 1.165) is 30.7 Å². The van der Waals surface area contributed by atoms with E-state index < -0.39 is 0 Å². The lowest BCUT2D eigenvalue weighted by Gasteiger charge is -2.33. The van der Waals surface area contributed by atoms with Gasteiger partial charge in [0, 0.05) is 18.6 Å². The average Bonchev–Trinajstić information content (AvgIpc) is 3.03. The van der Waals surface area contributed by atoms with Crippen LogP contribution in [0.1, 0.15) is 36.6 Å². The van der Waals surface area contributed by atoms with Crippen molar-refractivity contribution in [1.82, 2.24) is 9.88 Å². The molecule has 25 heavy (non-hydrogen) atoms. The standard InChI is InChI=1S/C21H24N2OS/c1-14-10-18-11-19(24-3)6-4-16(18)8-9-23(14)15(2)17-5-7-21-20(12-17)22-13-25-21/h4-7,11-15H,8-10H2,1-3H3/t14-,15-/m0/s1. The lowest BCUT2D eigenvalue weighted by atomic mass is 10.00. The summed E-state index contributed by atoms with van der Waals surface area (Å²) in [5, 5.41) is 0. The van der Waals surface area contributed by atoms with Crippen LogP contribution >= 0.6 is 11.3 Å². The first-order chi connectivity index (χ1) is 12.2. The van der Waals surface area contributed by atoms with Crippen LogP contribution in [0.15, 0.2) is 41.9 Å². The Morgan fingerprint density at radius 1 is 1.20 bits per heavy atom. The van der Waals surface area contributed by atoms with E-state index in [4.69, 9.17) is 4.74 Å². The van der Waals surface area contributed by atoms with Crippen molar-refractivity contribution >= 4 is 21.6 Å². The Morgan fingerprint density at radius 2 is 2.08 bits per heavy atom. The number of nitrogens with zero attached hydrogens (tertiary/aromatic N) is 2. The summed E-state index contributed by atoms with van der Waals surface area (Å²) in [7, 11) is 1.74. The van der Waals surface area contributed by atoms with Crippen LogP contribution < -0.4 is 4.74 Å². The zero-order valence-corrected chi connectivity index (χ0v) is 15.8. The third kappa shape index (κ3) is 3.16. The normalized spacial score (nSPS) is 19.4. The third-order valence-electron chi connectivity index (χ3n) is 5.47. The van der Waals surface area contributed by atoms with Crippen molar-refractivity contribution in [3.63, 3.8) is 0 Å². The monoisotopic (exact) mass is 352 g/mol. The molecule has 0 fully saturated rings. The Balaban J connectivity index is 1.60. The Hall–Kier alpha value is -1.91. The van der Waals surface area contributed by atoms with Crippen LogP contribution in [0, 0.1) is 0 Å². The summed E-state index contributed by atoms with van der Waals surface area (Å²) in [5.74, 6) is 0.960. The van der Waals surface area contributed by atoms with Crippen LogP contribution in [0.5, 0.6) is 5.75 Å². The van der Waals surface area contributed by atoms with Gasteiger partial charge in [0.25, 0.3) is 0 Å². The number of thiazole rings is 1. The summed E-state index contributed by atoms with van der Waals surface area (Å²) in [4.78, 5) is 7.11. The highest BCUT2D eigenvalue weighted by Crippen LogP contribution is 2.31. The maximum Gasteiger partial charge on any atom is 0.119 e. The molecule has 0 aliphatic carbocycles. The molecule has 4 heteroatoms. The van der Waals surface area contributed by atoms with Crippen LogP contribution in [-0.4, -0.2) is 29.6 Å². The smallest absolute Gasteiger partial charge is 0.119 e. The van der Waals surface area contributed by atoms with E-state index in [0.29, 0.717) is 12.1 Å². The van der Waals surface area contributed by atoms with Crippen molar-refractivity contribution in [3.8, 4) is 5.75 Å². The number of ether oxygens (including phenoxy) is 1. The fourth-order valence-electron chi connectivity index (χ4n) is 3.97. The van der Waals surface area contributed by atoms with Gasteiger partial charge in [-0.05, 0) is 67.6 Å². The van der Waals surface area contributed by atoms with E-state index in [9.17, 15) is 0 Å². The Labute approximate surface area is 153 Å². The molecule has 0 N–H and O–H groups in total. The van der Waals surface area contributed by atoms with Crippen LogP contribution in [0.25, 0.3) is 10.2 Å². The lowest BCUT2D eigenvalue weighted by molar-refractivity contribution is 0.160. The van der Waals surface area contributed by atoms with Gasteiger partial charge in [0.2, 0.25) is 0 Å². The minimum atomic E-state index is 0.386. The highest BCUT2D eigenvalue weighted by atomic mass is 32.1. The van der Waals surface area contributed by atoms with Crippen LogP contribution in [-0.2, 0) is 12.8 Å². The maximum absolute atomic E-state index is 5.41. The highest BCUT2D eigenvalue weighted by molar-refractivity contribution is 7.16. The maximum atomic E-state index is 5.41. The fraction of sp³-hybridized carbons (Fsp3) is 0.381. The fourth-order valence-corrected chi connectivity index (χ4v) is 4.63. The minimum Gasteiger partial charge on any atom is -0.497 e. The molecule has 2 aromatic carbocycles. The zero-order chi connectivity index (χ0) is 17.4. The van der Waals surface area contributed by atoms with E-state index in [-0.39, 0.29) is 0 Å². The van der Waals surface area contributed by atoms with E-state index in [1.807, 2.05) is 5.51 Å². The molecular formula is C21H24N2OS. The van der Waals surface area contributed by atoms with Gasteiger partial charge in [-0.15, -0.1) is 11.3 Å². The molecule has 0 spiro atoms. The van der Waals surface area contributed by atoms with Gasteiger partial charge in [0.15, 0.2) is 0 Å². The van der Waals surface area contributed by atoms with E-state index in [1.54, 1.807) is 18.4 Å². The van der Waals surface area contributed by atoms with Crippen molar-refractivity contribution in [2.24, 2.45) is 0 Å². The molecule has 3 aromatic rings. The molecule has 0 saturated heterocycles. The topological polar surface area (TPSA) is 25.4 Å². The lowest BCUT2D eigenvalue weighted by Crippen LogP contribution is -2.36. The average molecular weight is 353 g/mol. The predicted octanol–water partition coefficient (Wildman–Crippen LogP) is 4.86. The first-order valence-electron chi connectivity index (χ1n) is 8.90. The molecule has 0 radical (unpaired) electrons. The van der Waals surface area contributed by atoms with Crippen LogP contribution in [0.4, 0.5) is 0 Å². The molecule has 0 unspecified atom stereocenters. The van der Waals surface area contributed by atoms with E-state index in [1.165, 1.54) is 21.4 Å². The number of methoxy groups -OCH3 is 1. The molecule has 0 amide bonds. The molecule has 130 valence electrons. The van der Waals surface area contributed by atoms with Crippen molar-refractivity contribution in [2.75, 3.05) is 13.7 Å². The molecule has 1 aromatic heterocycles. The van der Waals surface area contributed by atoms with Crippen molar-refractivity contribution < 1.29 is 4.74 Å². The first kappa shape index (κ1) is 16.6. The summed E-state index contributed by atoms with van der Waals surface area (Å²) in [6, 6.07) is 14.1. The van der Waals surface area contributed by atoms with Crippen molar-refractivity contribution in [3.05, 3.63) is 58.6 Å². The molecule has 0 saturated carbocycles. The van der Waals surface area contributed by atoms with Crippen LogP contribution in [0.2, 0.25) is 0 Å². The Kier molecular flexibility index (Phi) is 4.48. The summed E-state index contributed by atoms with van der Waals surface area (Å²) in [6.45, 7) is 5.74. The number of benzene rings is 2. The summed E-state index contributed by atoms with van der Waals surface area (Å²) < 4.78 is 6.68. The number of fused-ring (bicyclic) bond motifs is 2. The molecule has 3 nitrogen and oxygen atoms in total. The van der Waals surface area contributed by atoms with Crippen molar-refractivity contribution in [1.29, 1.82) is 0 Å². The van der Waals surface area contributed by atoms with Gasteiger partial charge in [-0.3, -0.25) is 4.90 Å². The highest BCUT2D eigenvalue weighted by Gasteiger charge is 2.25. The number of hydrogen-bond acceptors (Lipinski definition) is 4. The second-order valence-electron chi connectivity index (χ2n) is 6.93. The molecule has 1 aliphatic heterocycles. The largest absolute Gasteiger partial charge is 0.497 e. The number of hydrogen-bond donors (Lipinski definition) is 0. The Bertz CT molecular complexity index is 888. The number of rotatable bonds is 3. The van der Waals surface area contributed by atoms with Gasteiger partial charge < -0.3 is 4.74 Å². The van der Waals surface area contributed by atoms with Crippen molar-refractivity contribution in [2.45, 2.75) is 38.8 Å². The molecular weight excluding hydrogens is 328 g/mol. The summed E-state index contributed by atoms with van der Waals surface area (Å²) >= 11 is 1.71. The van der Waals surface area contributed by atoms with Gasteiger partial charge in [0.1, 0.15) is 5.75 Å². The molecule has 2 atom stereocenters. The van der Waals surface area contributed by atoms with Gasteiger partial charge in [-0.25, -0.2) is 4.98 Å². The SMILES string of the molecule is COc1ccc2c(c1)C[C@H](C)N([C@@H](C)c1ccc3scnc3c1)CC2. The van der Waals surface area contributed by atoms with Gasteiger partial charge in [-0.1, -0.05) is 12.1 Å².